The Labute approximate surface area is 182 Å². The van der Waals surface area contributed by atoms with Crippen LogP contribution in [0.3, 0.4) is 0 Å². The van der Waals surface area contributed by atoms with Crippen LogP contribution in [-0.2, 0) is 34.0 Å². The fraction of sp³-hybridized carbons (Fsp3) is 0.286. The lowest BCUT2D eigenvalue weighted by atomic mass is 9.67. The van der Waals surface area contributed by atoms with Crippen molar-refractivity contribution in [2.45, 2.75) is 19.3 Å². The van der Waals surface area contributed by atoms with Crippen molar-refractivity contribution in [1.82, 2.24) is 0 Å². The molecular formula is C21H21BrN2O6. The number of carbonyl (C=O) groups is 3. The van der Waals surface area contributed by atoms with Gasteiger partial charge in [0.2, 0.25) is 11.8 Å². The standard InChI is InChI=1S/C21H21BrN2O6/c1-5-9-29-18(25)15-11(3)30-17(23)16(19(26)28-6-2)21(15)13-10-12(22)7-8-14(13)24(4)20(21)27/h5,7-8,10H,1,6,9,23H2,2-4H3. The fourth-order valence-electron chi connectivity index (χ4n) is 3.86. The van der Waals surface area contributed by atoms with Gasteiger partial charge >= 0.3 is 11.9 Å². The summed E-state index contributed by atoms with van der Waals surface area (Å²) in [5.41, 5.74) is 4.74. The zero-order valence-electron chi connectivity index (χ0n) is 16.8. The van der Waals surface area contributed by atoms with Crippen LogP contribution in [0.5, 0.6) is 0 Å². The molecule has 2 aliphatic heterocycles. The third-order valence-electron chi connectivity index (χ3n) is 4.98. The van der Waals surface area contributed by atoms with Gasteiger partial charge in [-0.05, 0) is 32.0 Å². The summed E-state index contributed by atoms with van der Waals surface area (Å²) in [6.07, 6.45) is 1.40. The van der Waals surface area contributed by atoms with Gasteiger partial charge in [0.05, 0.1) is 6.61 Å². The molecule has 8 nitrogen and oxygen atoms in total. The minimum Gasteiger partial charge on any atom is -0.462 e. The van der Waals surface area contributed by atoms with E-state index in [9.17, 15) is 14.4 Å². The van der Waals surface area contributed by atoms with Crippen molar-refractivity contribution in [3.8, 4) is 0 Å². The molecule has 0 aliphatic carbocycles. The van der Waals surface area contributed by atoms with E-state index in [-0.39, 0.29) is 36.0 Å². The number of nitrogens with two attached hydrogens (primary N) is 1. The molecule has 1 spiro atoms. The largest absolute Gasteiger partial charge is 0.462 e. The lowest BCUT2D eigenvalue weighted by Gasteiger charge is -2.36. The van der Waals surface area contributed by atoms with Crippen LogP contribution in [0.2, 0.25) is 0 Å². The van der Waals surface area contributed by atoms with Gasteiger partial charge in [-0.3, -0.25) is 4.79 Å². The molecule has 2 N–H and O–H groups in total. The molecule has 0 saturated carbocycles. The first-order valence-corrected chi connectivity index (χ1v) is 9.93. The van der Waals surface area contributed by atoms with Gasteiger partial charge in [0.15, 0.2) is 0 Å². The number of anilines is 1. The van der Waals surface area contributed by atoms with Crippen molar-refractivity contribution in [2.24, 2.45) is 5.73 Å². The number of nitrogens with zero attached hydrogens (tertiary/aromatic N) is 1. The Morgan fingerprint density at radius 2 is 1.97 bits per heavy atom. The van der Waals surface area contributed by atoms with E-state index in [1.807, 2.05) is 0 Å². The number of halogens is 1. The maximum absolute atomic E-state index is 13.7. The Kier molecular flexibility index (Phi) is 5.76. The Morgan fingerprint density at radius 1 is 1.30 bits per heavy atom. The van der Waals surface area contributed by atoms with Crippen LogP contribution in [-0.4, -0.2) is 38.1 Å². The second kappa shape index (κ2) is 7.98. The van der Waals surface area contributed by atoms with Crippen LogP contribution in [0.1, 0.15) is 19.4 Å². The molecule has 158 valence electrons. The van der Waals surface area contributed by atoms with Crippen LogP contribution >= 0.6 is 15.9 Å². The number of amides is 1. The van der Waals surface area contributed by atoms with E-state index < -0.39 is 23.3 Å². The highest BCUT2D eigenvalue weighted by Gasteiger charge is 2.63. The quantitative estimate of drug-likeness (QED) is 0.513. The predicted molar refractivity (Wildman–Crippen MR) is 112 cm³/mol. The minimum absolute atomic E-state index is 0.0417. The van der Waals surface area contributed by atoms with Crippen LogP contribution in [0.15, 0.2) is 58.1 Å². The summed E-state index contributed by atoms with van der Waals surface area (Å²) in [5, 5.41) is 0. The first kappa shape index (κ1) is 21.6. The smallest absolute Gasteiger partial charge is 0.341 e. The molecule has 0 saturated heterocycles. The first-order valence-electron chi connectivity index (χ1n) is 9.14. The van der Waals surface area contributed by atoms with Crippen LogP contribution < -0.4 is 10.6 Å². The highest BCUT2D eigenvalue weighted by atomic mass is 79.9. The normalized spacial score (nSPS) is 20.3. The average molecular weight is 477 g/mol. The summed E-state index contributed by atoms with van der Waals surface area (Å²) in [4.78, 5) is 41.2. The second-order valence-corrected chi connectivity index (χ2v) is 7.57. The number of likely N-dealkylation sites (N-methyl/N-ethyl adjacent to an activating group) is 1. The van der Waals surface area contributed by atoms with Gasteiger partial charge in [-0.15, -0.1) is 0 Å². The van der Waals surface area contributed by atoms with E-state index in [0.29, 0.717) is 15.7 Å². The molecule has 2 aliphatic rings. The topological polar surface area (TPSA) is 108 Å². The molecule has 0 bridgehead atoms. The number of ether oxygens (including phenoxy) is 3. The number of allylic oxidation sites excluding steroid dienone is 1. The molecular weight excluding hydrogens is 456 g/mol. The molecule has 1 amide bonds. The highest BCUT2D eigenvalue weighted by molar-refractivity contribution is 9.10. The van der Waals surface area contributed by atoms with Crippen LogP contribution in [0.4, 0.5) is 5.69 Å². The lowest BCUT2D eigenvalue weighted by Crippen LogP contribution is -2.50. The highest BCUT2D eigenvalue weighted by Crippen LogP contribution is 2.54. The molecule has 2 heterocycles. The molecule has 3 rings (SSSR count). The second-order valence-electron chi connectivity index (χ2n) is 6.66. The summed E-state index contributed by atoms with van der Waals surface area (Å²) in [6, 6.07) is 5.13. The molecule has 1 aromatic rings. The van der Waals surface area contributed by atoms with E-state index in [2.05, 4.69) is 22.5 Å². The minimum atomic E-state index is -1.87. The summed E-state index contributed by atoms with van der Waals surface area (Å²) in [6.45, 7) is 6.60. The zero-order chi connectivity index (χ0) is 22.2. The first-order chi connectivity index (χ1) is 14.2. The number of fused-ring (bicyclic) bond motifs is 2. The number of benzene rings is 1. The number of rotatable bonds is 5. The van der Waals surface area contributed by atoms with E-state index >= 15 is 0 Å². The Bertz CT molecular complexity index is 1030. The third kappa shape index (κ3) is 3.00. The van der Waals surface area contributed by atoms with Gasteiger partial charge in [-0.25, -0.2) is 9.59 Å². The molecule has 0 fully saturated rings. The average Bonchev–Trinajstić information content (AvgIpc) is 2.88. The van der Waals surface area contributed by atoms with Gasteiger partial charge in [0, 0.05) is 22.8 Å². The van der Waals surface area contributed by atoms with E-state index in [4.69, 9.17) is 19.9 Å². The number of esters is 2. The van der Waals surface area contributed by atoms with Crippen LogP contribution in [0, 0.1) is 0 Å². The SMILES string of the molecule is C=CCOC(=O)C1=C(C)OC(N)=C(C(=O)OCC)C12C(=O)N(C)c1ccc(Br)cc12. The zero-order valence-corrected chi connectivity index (χ0v) is 18.4. The van der Waals surface area contributed by atoms with Gasteiger partial charge < -0.3 is 24.8 Å². The van der Waals surface area contributed by atoms with Crippen molar-refractivity contribution < 1.29 is 28.6 Å². The molecule has 1 atom stereocenters. The van der Waals surface area contributed by atoms with Crippen molar-refractivity contribution in [2.75, 3.05) is 25.2 Å². The third-order valence-corrected chi connectivity index (χ3v) is 5.47. The summed E-state index contributed by atoms with van der Waals surface area (Å²) >= 11 is 3.40. The van der Waals surface area contributed by atoms with Gasteiger partial charge in [-0.2, -0.15) is 0 Å². The molecule has 0 aromatic heterocycles. The summed E-state index contributed by atoms with van der Waals surface area (Å²) < 4.78 is 16.6. The maximum Gasteiger partial charge on any atom is 0.341 e. The van der Waals surface area contributed by atoms with Crippen LogP contribution in [0.25, 0.3) is 0 Å². The molecule has 1 aromatic carbocycles. The number of hydrogen-bond acceptors (Lipinski definition) is 7. The van der Waals surface area contributed by atoms with Crippen molar-refractivity contribution in [3.05, 3.63) is 63.7 Å². The van der Waals surface area contributed by atoms with Gasteiger partial charge in [0.25, 0.3) is 0 Å². The Hall–Kier alpha value is -3.07. The summed E-state index contributed by atoms with van der Waals surface area (Å²) in [7, 11) is 1.56. The van der Waals surface area contributed by atoms with Crippen molar-refractivity contribution in [3.63, 3.8) is 0 Å². The molecule has 30 heavy (non-hydrogen) atoms. The van der Waals surface area contributed by atoms with Crippen molar-refractivity contribution in [1.29, 1.82) is 0 Å². The van der Waals surface area contributed by atoms with Gasteiger partial charge in [0.1, 0.15) is 28.9 Å². The maximum atomic E-state index is 13.7. The Balaban J connectivity index is 2.41. The molecule has 0 radical (unpaired) electrons. The fourth-order valence-corrected chi connectivity index (χ4v) is 4.22. The Morgan fingerprint density at radius 3 is 2.60 bits per heavy atom. The number of hydrogen-bond donors (Lipinski definition) is 1. The predicted octanol–water partition coefficient (Wildman–Crippen LogP) is 2.43. The van der Waals surface area contributed by atoms with E-state index in [0.717, 1.165) is 0 Å². The van der Waals surface area contributed by atoms with E-state index in [1.165, 1.54) is 17.9 Å². The number of carbonyl (C=O) groups excluding carboxylic acids is 3. The lowest BCUT2D eigenvalue weighted by molar-refractivity contribution is -0.143. The van der Waals surface area contributed by atoms with Gasteiger partial charge in [-0.1, -0.05) is 28.6 Å². The van der Waals surface area contributed by atoms with Crippen molar-refractivity contribution >= 4 is 39.5 Å². The molecule has 9 heteroatoms. The summed E-state index contributed by atoms with van der Waals surface area (Å²) in [5.74, 6) is -2.47. The molecule has 1 unspecified atom stereocenters. The van der Waals surface area contributed by atoms with E-state index in [1.54, 1.807) is 32.2 Å². The monoisotopic (exact) mass is 476 g/mol.